The molecule has 1 heterocycles. The van der Waals surface area contributed by atoms with Crippen molar-refractivity contribution in [1.29, 1.82) is 0 Å². The maximum Gasteiger partial charge on any atom is 0.409 e. The van der Waals surface area contributed by atoms with Crippen LogP contribution in [0.3, 0.4) is 0 Å². The van der Waals surface area contributed by atoms with Gasteiger partial charge in [0.15, 0.2) is 0 Å². The van der Waals surface area contributed by atoms with E-state index in [2.05, 4.69) is 36.2 Å². The minimum absolute atomic E-state index is 0.127. The summed E-state index contributed by atoms with van der Waals surface area (Å²) in [6.45, 7) is 2.10. The van der Waals surface area contributed by atoms with E-state index in [-0.39, 0.29) is 12.7 Å². The van der Waals surface area contributed by atoms with E-state index in [4.69, 9.17) is 4.74 Å². The number of aromatic nitrogens is 1. The first-order valence-electron chi connectivity index (χ1n) is 11.5. The summed E-state index contributed by atoms with van der Waals surface area (Å²) in [5.41, 5.74) is 5.34. The Labute approximate surface area is 194 Å². The maximum atomic E-state index is 12.1. The number of pyridine rings is 1. The molecule has 5 heteroatoms. The molecule has 1 aromatic heterocycles. The Morgan fingerprint density at radius 2 is 1.42 bits per heavy atom. The van der Waals surface area contributed by atoms with Gasteiger partial charge in [0.1, 0.15) is 12.4 Å². The molecule has 174 valence electrons. The molecule has 0 saturated carbocycles. The SMILES string of the molecule is CCCCCCCc1ccc(-c2ccc(-c3ccc(OCC=CC(F)(F)F)cc3)cc2)nc1. The van der Waals surface area contributed by atoms with Crippen LogP contribution in [0.2, 0.25) is 0 Å². The second-order valence-electron chi connectivity index (χ2n) is 8.07. The lowest BCUT2D eigenvalue weighted by molar-refractivity contribution is -0.0801. The first-order valence-corrected chi connectivity index (χ1v) is 11.5. The number of hydrogen-bond acceptors (Lipinski definition) is 2. The van der Waals surface area contributed by atoms with Gasteiger partial charge in [0, 0.05) is 17.8 Å². The molecule has 33 heavy (non-hydrogen) atoms. The van der Waals surface area contributed by atoms with E-state index in [1.807, 2.05) is 30.5 Å². The maximum absolute atomic E-state index is 12.1. The quantitative estimate of drug-likeness (QED) is 0.215. The standard InChI is InChI=1S/C28H30F3NO/c1-2-3-4-5-6-8-22-9-18-27(32-21-22)25-12-10-23(11-13-25)24-14-16-26(17-15-24)33-20-7-19-28(29,30)31/h7,9-19,21H,2-6,8,20H2,1H3. The lowest BCUT2D eigenvalue weighted by Gasteiger charge is -2.08. The van der Waals surface area contributed by atoms with Crippen molar-refractivity contribution in [2.24, 2.45) is 0 Å². The highest BCUT2D eigenvalue weighted by molar-refractivity contribution is 5.69. The van der Waals surface area contributed by atoms with Gasteiger partial charge in [-0.2, -0.15) is 13.2 Å². The van der Waals surface area contributed by atoms with Crippen molar-refractivity contribution in [3.8, 4) is 28.1 Å². The zero-order valence-corrected chi connectivity index (χ0v) is 18.9. The van der Waals surface area contributed by atoms with Gasteiger partial charge in [0.25, 0.3) is 0 Å². The number of unbranched alkanes of at least 4 members (excludes halogenated alkanes) is 4. The van der Waals surface area contributed by atoms with Crippen LogP contribution in [-0.4, -0.2) is 17.8 Å². The van der Waals surface area contributed by atoms with Crippen LogP contribution in [0.4, 0.5) is 13.2 Å². The van der Waals surface area contributed by atoms with Gasteiger partial charge in [-0.3, -0.25) is 4.98 Å². The molecule has 3 rings (SSSR count). The highest BCUT2D eigenvalue weighted by Gasteiger charge is 2.21. The van der Waals surface area contributed by atoms with Crippen molar-refractivity contribution in [2.45, 2.75) is 51.6 Å². The predicted octanol–water partition coefficient (Wildman–Crippen LogP) is 8.43. The van der Waals surface area contributed by atoms with Crippen LogP contribution in [-0.2, 0) is 6.42 Å². The second kappa shape index (κ2) is 12.2. The zero-order valence-electron chi connectivity index (χ0n) is 18.9. The number of allylic oxidation sites excluding steroid dienone is 1. The molecule has 0 saturated heterocycles. The number of rotatable bonds is 11. The van der Waals surface area contributed by atoms with Gasteiger partial charge >= 0.3 is 6.18 Å². The highest BCUT2D eigenvalue weighted by atomic mass is 19.4. The van der Waals surface area contributed by atoms with Gasteiger partial charge in [-0.25, -0.2) is 0 Å². The Kier molecular flexibility index (Phi) is 9.11. The molecule has 2 nitrogen and oxygen atoms in total. The van der Waals surface area contributed by atoms with E-state index >= 15 is 0 Å². The normalized spacial score (nSPS) is 11.8. The molecule has 0 atom stereocenters. The molecule has 0 radical (unpaired) electrons. The van der Waals surface area contributed by atoms with Gasteiger partial charge < -0.3 is 4.74 Å². The number of ether oxygens (including phenoxy) is 1. The fraction of sp³-hybridized carbons (Fsp3) is 0.321. The minimum atomic E-state index is -4.31. The summed E-state index contributed by atoms with van der Waals surface area (Å²) in [5.74, 6) is 0.525. The number of alkyl halides is 3. The molecule has 0 bridgehead atoms. The monoisotopic (exact) mass is 453 g/mol. The van der Waals surface area contributed by atoms with Crippen molar-refractivity contribution in [3.63, 3.8) is 0 Å². The molecule has 0 fully saturated rings. The van der Waals surface area contributed by atoms with E-state index < -0.39 is 6.18 Å². The second-order valence-corrected chi connectivity index (χ2v) is 8.07. The third-order valence-corrected chi connectivity index (χ3v) is 5.42. The van der Waals surface area contributed by atoms with E-state index in [0.29, 0.717) is 5.75 Å². The fourth-order valence-corrected chi connectivity index (χ4v) is 3.58. The van der Waals surface area contributed by atoms with Gasteiger partial charge in [-0.1, -0.05) is 75.1 Å². The molecule has 0 aliphatic heterocycles. The third kappa shape index (κ3) is 8.41. The van der Waals surface area contributed by atoms with Gasteiger partial charge in [0.2, 0.25) is 0 Å². The molecule has 0 spiro atoms. The van der Waals surface area contributed by atoms with Crippen molar-refractivity contribution in [1.82, 2.24) is 4.98 Å². The number of benzene rings is 2. The topological polar surface area (TPSA) is 22.1 Å². The summed E-state index contributed by atoms with van der Waals surface area (Å²) in [4.78, 5) is 4.64. The summed E-state index contributed by atoms with van der Waals surface area (Å²) < 4.78 is 41.7. The lowest BCUT2D eigenvalue weighted by atomic mass is 10.0. The first-order chi connectivity index (χ1) is 15.9. The Hall–Kier alpha value is -3.08. The Morgan fingerprint density at radius 3 is 2.03 bits per heavy atom. The van der Waals surface area contributed by atoms with E-state index in [1.54, 1.807) is 12.1 Å². The molecule has 2 aromatic carbocycles. The van der Waals surface area contributed by atoms with Crippen molar-refractivity contribution in [2.75, 3.05) is 6.61 Å². The Morgan fingerprint density at radius 1 is 0.788 bits per heavy atom. The van der Waals surface area contributed by atoms with Crippen LogP contribution >= 0.6 is 0 Å². The van der Waals surface area contributed by atoms with Crippen LogP contribution in [0.15, 0.2) is 79.0 Å². The van der Waals surface area contributed by atoms with E-state index in [0.717, 1.165) is 34.9 Å². The van der Waals surface area contributed by atoms with E-state index in [1.165, 1.54) is 37.7 Å². The Balaban J connectivity index is 1.54. The summed E-state index contributed by atoms with van der Waals surface area (Å²) in [6, 6.07) is 19.7. The molecule has 0 aliphatic carbocycles. The average molecular weight is 454 g/mol. The van der Waals surface area contributed by atoms with Crippen molar-refractivity contribution >= 4 is 0 Å². The first kappa shape index (κ1) is 24.6. The van der Waals surface area contributed by atoms with Gasteiger partial charge in [0.05, 0.1) is 5.69 Å². The van der Waals surface area contributed by atoms with Gasteiger partial charge in [-0.05, 0) is 53.8 Å². The lowest BCUT2D eigenvalue weighted by Crippen LogP contribution is -2.02. The molecular weight excluding hydrogens is 423 g/mol. The van der Waals surface area contributed by atoms with Crippen LogP contribution in [0.5, 0.6) is 5.75 Å². The molecular formula is C28H30F3NO. The van der Waals surface area contributed by atoms with Gasteiger partial charge in [-0.15, -0.1) is 0 Å². The molecule has 0 aliphatic rings. The predicted molar refractivity (Wildman–Crippen MR) is 128 cm³/mol. The summed E-state index contributed by atoms with van der Waals surface area (Å²) in [7, 11) is 0. The zero-order chi connectivity index (χ0) is 23.5. The van der Waals surface area contributed by atoms with Crippen molar-refractivity contribution in [3.05, 3.63) is 84.6 Å². The van der Waals surface area contributed by atoms with Crippen LogP contribution in [0.1, 0.15) is 44.6 Å². The van der Waals surface area contributed by atoms with Crippen molar-refractivity contribution < 1.29 is 17.9 Å². The molecule has 0 N–H and O–H groups in total. The summed E-state index contributed by atoms with van der Waals surface area (Å²) in [6.07, 6.45) is 6.26. The third-order valence-electron chi connectivity index (χ3n) is 5.42. The molecule has 3 aromatic rings. The molecule has 0 amide bonds. The highest BCUT2D eigenvalue weighted by Crippen LogP contribution is 2.26. The number of hydrogen-bond donors (Lipinski definition) is 0. The summed E-state index contributed by atoms with van der Waals surface area (Å²) >= 11 is 0. The van der Waals surface area contributed by atoms with Crippen LogP contribution in [0, 0.1) is 0 Å². The van der Waals surface area contributed by atoms with Crippen LogP contribution < -0.4 is 4.74 Å². The van der Waals surface area contributed by atoms with E-state index in [9.17, 15) is 13.2 Å². The molecule has 0 unspecified atom stereocenters. The number of nitrogens with zero attached hydrogens (tertiary/aromatic N) is 1. The van der Waals surface area contributed by atoms with Crippen LogP contribution in [0.25, 0.3) is 22.4 Å². The number of halogens is 3. The fourth-order valence-electron chi connectivity index (χ4n) is 3.58. The Bertz CT molecular complexity index is 991. The summed E-state index contributed by atoms with van der Waals surface area (Å²) in [5, 5.41) is 0. The average Bonchev–Trinajstić information content (AvgIpc) is 2.82. The number of aryl methyl sites for hydroxylation is 1. The smallest absolute Gasteiger partial charge is 0.409 e. The largest absolute Gasteiger partial charge is 0.490 e. The minimum Gasteiger partial charge on any atom is -0.490 e.